The number of carbonyl (C=O) groups excluding carboxylic acids is 1. The molecule has 0 saturated heterocycles. The average Bonchev–Trinajstić information content (AvgIpc) is 2.60. The third-order valence-electron chi connectivity index (χ3n) is 2.90. The number of thioether (sulfide) groups is 1. The Morgan fingerprint density at radius 2 is 2.04 bits per heavy atom. The average molecular weight is 364 g/mol. The Bertz CT molecular complexity index is 829. The molecule has 1 aromatic carbocycles. The molecule has 0 bridgehead atoms. The van der Waals surface area contributed by atoms with Crippen LogP contribution in [0.15, 0.2) is 41.6 Å². The third-order valence-corrected chi connectivity index (χ3v) is 3.79. The molecule has 2 rings (SSSR count). The number of hydrogen-bond donors (Lipinski definition) is 1. The maximum absolute atomic E-state index is 12.2. The summed E-state index contributed by atoms with van der Waals surface area (Å²) in [7, 11) is 0. The van der Waals surface area contributed by atoms with Gasteiger partial charge in [-0.3, -0.25) is 25.0 Å². The molecule has 25 heavy (non-hydrogen) atoms. The Morgan fingerprint density at radius 3 is 2.68 bits per heavy atom. The van der Waals surface area contributed by atoms with Gasteiger partial charge in [0.1, 0.15) is 5.03 Å². The highest BCUT2D eigenvalue weighted by molar-refractivity contribution is 7.99. The number of hydrogen-bond acceptors (Lipinski definition) is 8. The van der Waals surface area contributed by atoms with Gasteiger partial charge in [0.15, 0.2) is 0 Å². The predicted molar refractivity (Wildman–Crippen MR) is 88.5 cm³/mol. The highest BCUT2D eigenvalue weighted by atomic mass is 32.2. The van der Waals surface area contributed by atoms with E-state index in [1.807, 2.05) is 6.92 Å². The van der Waals surface area contributed by atoms with Crippen molar-refractivity contribution in [2.45, 2.75) is 11.9 Å². The number of nitrogens with one attached hydrogen (secondary N) is 1. The van der Waals surface area contributed by atoms with Crippen molar-refractivity contribution >= 4 is 29.0 Å². The summed E-state index contributed by atoms with van der Waals surface area (Å²) in [6, 6.07) is 5.94. The molecule has 0 atom stereocenters. The summed E-state index contributed by atoms with van der Waals surface area (Å²) in [6.45, 7) is 1.90. The zero-order valence-electron chi connectivity index (χ0n) is 12.9. The SMILES string of the molecule is CCSc1ncccc1C(=O)NOc1ccc([N+](=O)[O-])cc1[N+](=O)[O-]. The maximum Gasteiger partial charge on any atom is 0.321 e. The van der Waals surface area contributed by atoms with E-state index in [9.17, 15) is 25.0 Å². The second kappa shape index (κ2) is 8.06. The lowest BCUT2D eigenvalue weighted by molar-refractivity contribution is -0.394. The van der Waals surface area contributed by atoms with E-state index in [0.717, 1.165) is 18.2 Å². The summed E-state index contributed by atoms with van der Waals surface area (Å²) >= 11 is 1.35. The van der Waals surface area contributed by atoms with Crippen LogP contribution in [0.5, 0.6) is 5.75 Å². The molecule has 0 aliphatic carbocycles. The summed E-state index contributed by atoms with van der Waals surface area (Å²) in [4.78, 5) is 41.4. The molecule has 0 spiro atoms. The Morgan fingerprint density at radius 1 is 1.28 bits per heavy atom. The minimum absolute atomic E-state index is 0.249. The molecule has 0 unspecified atom stereocenters. The van der Waals surface area contributed by atoms with Crippen molar-refractivity contribution in [2.75, 3.05) is 5.75 Å². The number of hydroxylamine groups is 1. The number of amides is 1. The van der Waals surface area contributed by atoms with Crippen molar-refractivity contribution in [2.24, 2.45) is 0 Å². The molecule has 11 heteroatoms. The van der Waals surface area contributed by atoms with Crippen molar-refractivity contribution in [1.29, 1.82) is 0 Å². The quantitative estimate of drug-likeness (QED) is 0.449. The number of nitro benzene ring substituents is 2. The first-order chi connectivity index (χ1) is 11.9. The van der Waals surface area contributed by atoms with Gasteiger partial charge in [0.25, 0.3) is 11.6 Å². The van der Waals surface area contributed by atoms with Crippen molar-refractivity contribution in [3.8, 4) is 5.75 Å². The van der Waals surface area contributed by atoms with Crippen LogP contribution in [0, 0.1) is 20.2 Å². The molecule has 10 nitrogen and oxygen atoms in total. The lowest BCUT2D eigenvalue weighted by Gasteiger charge is -2.09. The van der Waals surface area contributed by atoms with Gasteiger partial charge in [0.2, 0.25) is 5.75 Å². The summed E-state index contributed by atoms with van der Waals surface area (Å²) in [5.41, 5.74) is 1.25. The fourth-order valence-electron chi connectivity index (χ4n) is 1.82. The Labute approximate surface area is 145 Å². The fraction of sp³-hybridized carbons (Fsp3) is 0.143. The number of non-ortho nitro benzene ring substituents is 1. The first kappa shape index (κ1) is 18.1. The molecule has 1 aromatic heterocycles. The predicted octanol–water partition coefficient (Wildman–Crippen LogP) is 2.73. The van der Waals surface area contributed by atoms with E-state index >= 15 is 0 Å². The van der Waals surface area contributed by atoms with Crippen LogP contribution in [0.2, 0.25) is 0 Å². The topological polar surface area (TPSA) is 138 Å². The van der Waals surface area contributed by atoms with E-state index in [1.165, 1.54) is 24.0 Å². The number of aromatic nitrogens is 1. The van der Waals surface area contributed by atoms with Crippen molar-refractivity contribution in [3.05, 3.63) is 62.3 Å². The van der Waals surface area contributed by atoms with E-state index in [4.69, 9.17) is 4.84 Å². The molecule has 130 valence electrons. The van der Waals surface area contributed by atoms with Crippen LogP contribution in [0.25, 0.3) is 0 Å². The lowest BCUT2D eigenvalue weighted by Crippen LogP contribution is -2.28. The molecule has 1 N–H and O–H groups in total. The van der Waals surface area contributed by atoms with Crippen LogP contribution < -0.4 is 10.3 Å². The zero-order valence-corrected chi connectivity index (χ0v) is 13.7. The monoisotopic (exact) mass is 364 g/mol. The standard InChI is InChI=1S/C14H12N4O6S/c1-2-25-14-10(4-3-7-15-14)13(19)16-24-12-6-5-9(17(20)21)8-11(12)18(22)23/h3-8H,2H2,1H3,(H,16,19). The summed E-state index contributed by atoms with van der Waals surface area (Å²) in [5, 5.41) is 22.2. The number of nitrogens with zero attached hydrogens (tertiary/aromatic N) is 3. The molecular weight excluding hydrogens is 352 g/mol. The van der Waals surface area contributed by atoms with Gasteiger partial charge in [0, 0.05) is 12.3 Å². The van der Waals surface area contributed by atoms with Gasteiger partial charge in [-0.25, -0.2) is 4.98 Å². The molecule has 0 fully saturated rings. The van der Waals surface area contributed by atoms with Gasteiger partial charge < -0.3 is 4.84 Å². The molecular formula is C14H12N4O6S. The number of carbonyl (C=O) groups is 1. The van der Waals surface area contributed by atoms with Gasteiger partial charge in [-0.1, -0.05) is 6.92 Å². The summed E-state index contributed by atoms with van der Waals surface area (Å²) in [5.74, 6) is -0.263. The summed E-state index contributed by atoms with van der Waals surface area (Å²) < 4.78 is 0. The zero-order chi connectivity index (χ0) is 18.4. The van der Waals surface area contributed by atoms with Crippen LogP contribution in [-0.2, 0) is 0 Å². The second-order valence-electron chi connectivity index (χ2n) is 4.49. The minimum atomic E-state index is -0.836. The van der Waals surface area contributed by atoms with E-state index in [2.05, 4.69) is 10.5 Å². The smallest absolute Gasteiger partial charge is 0.321 e. The van der Waals surface area contributed by atoms with Crippen LogP contribution in [-0.4, -0.2) is 26.5 Å². The highest BCUT2D eigenvalue weighted by Crippen LogP contribution is 2.30. The van der Waals surface area contributed by atoms with Gasteiger partial charge in [-0.05, 0) is 24.0 Å². The molecule has 0 aliphatic heterocycles. The molecule has 0 saturated carbocycles. The van der Waals surface area contributed by atoms with E-state index in [1.54, 1.807) is 6.07 Å². The molecule has 1 heterocycles. The Kier molecular flexibility index (Phi) is 5.84. The number of nitro groups is 2. The third kappa shape index (κ3) is 4.41. The molecule has 0 radical (unpaired) electrons. The first-order valence-electron chi connectivity index (χ1n) is 6.91. The van der Waals surface area contributed by atoms with Crippen LogP contribution in [0.3, 0.4) is 0 Å². The minimum Gasteiger partial charge on any atom is -0.372 e. The first-order valence-corrected chi connectivity index (χ1v) is 7.90. The fourth-order valence-corrected chi connectivity index (χ4v) is 2.55. The molecule has 1 amide bonds. The van der Waals surface area contributed by atoms with Gasteiger partial charge in [-0.15, -0.1) is 11.8 Å². The maximum atomic E-state index is 12.2. The number of benzene rings is 1. The van der Waals surface area contributed by atoms with Gasteiger partial charge in [0.05, 0.1) is 21.5 Å². The number of pyridine rings is 1. The van der Waals surface area contributed by atoms with Crippen molar-refractivity contribution in [3.63, 3.8) is 0 Å². The Balaban J connectivity index is 2.20. The number of rotatable bonds is 7. The Hall–Kier alpha value is -3.21. The largest absolute Gasteiger partial charge is 0.372 e. The van der Waals surface area contributed by atoms with Gasteiger partial charge in [-0.2, -0.15) is 5.48 Å². The van der Waals surface area contributed by atoms with E-state index in [0.29, 0.717) is 10.8 Å². The lowest BCUT2D eigenvalue weighted by atomic mass is 10.2. The van der Waals surface area contributed by atoms with Crippen LogP contribution in [0.1, 0.15) is 17.3 Å². The highest BCUT2D eigenvalue weighted by Gasteiger charge is 2.22. The van der Waals surface area contributed by atoms with Crippen molar-refractivity contribution < 1.29 is 19.5 Å². The second-order valence-corrected chi connectivity index (χ2v) is 5.74. The summed E-state index contributed by atoms with van der Waals surface area (Å²) in [6.07, 6.45) is 1.54. The molecule has 2 aromatic rings. The van der Waals surface area contributed by atoms with Crippen molar-refractivity contribution in [1.82, 2.24) is 10.5 Å². The van der Waals surface area contributed by atoms with Crippen LogP contribution >= 0.6 is 11.8 Å². The van der Waals surface area contributed by atoms with E-state index in [-0.39, 0.29) is 11.3 Å². The van der Waals surface area contributed by atoms with Crippen LogP contribution in [0.4, 0.5) is 11.4 Å². The molecule has 0 aliphatic rings. The normalized spacial score (nSPS) is 10.1. The van der Waals surface area contributed by atoms with E-state index < -0.39 is 27.1 Å². The van der Waals surface area contributed by atoms with Gasteiger partial charge >= 0.3 is 5.69 Å².